The maximum absolute atomic E-state index is 12.7. The van der Waals surface area contributed by atoms with Crippen LogP contribution in [0.25, 0.3) is 0 Å². The number of hydrogen-bond acceptors (Lipinski definition) is 3. The van der Waals surface area contributed by atoms with E-state index in [2.05, 4.69) is 17.5 Å². The SMILES string of the molecule is CC1(C(=O)NCC2(O)CCN(C(=O)C3(C)CC=CC3)CC2)CC=CC1. The van der Waals surface area contributed by atoms with E-state index in [1.807, 2.05) is 30.9 Å². The summed E-state index contributed by atoms with van der Waals surface area (Å²) in [6.45, 7) is 5.36. The van der Waals surface area contributed by atoms with E-state index in [1.165, 1.54) is 0 Å². The van der Waals surface area contributed by atoms with Crippen molar-refractivity contribution in [2.75, 3.05) is 19.6 Å². The molecule has 1 aliphatic heterocycles. The second-order valence-electron chi connectivity index (χ2n) is 8.58. The van der Waals surface area contributed by atoms with Gasteiger partial charge in [0.2, 0.25) is 11.8 Å². The number of nitrogens with one attached hydrogen (secondary N) is 1. The number of nitrogens with zero attached hydrogens (tertiary/aromatic N) is 1. The Labute approximate surface area is 150 Å². The van der Waals surface area contributed by atoms with Crippen LogP contribution in [0.2, 0.25) is 0 Å². The molecule has 2 amide bonds. The Kier molecular flexibility index (Phi) is 4.80. The third-order valence-electron chi connectivity index (χ3n) is 6.23. The standard InChI is InChI=1S/C20H30N2O3/c1-18(7-3-4-8-18)16(23)21-15-20(25)11-13-22(14-12-20)17(24)19(2)9-5-6-10-19/h3-6,25H,7-15H2,1-2H3,(H,21,23). The zero-order chi connectivity index (χ0) is 18.1. The number of carbonyl (C=O) groups excluding carboxylic acids is 2. The number of aliphatic hydroxyl groups is 1. The molecule has 0 atom stereocenters. The van der Waals surface area contributed by atoms with E-state index in [9.17, 15) is 14.7 Å². The molecule has 3 aliphatic rings. The van der Waals surface area contributed by atoms with Gasteiger partial charge in [0.15, 0.2) is 0 Å². The lowest BCUT2D eigenvalue weighted by molar-refractivity contribution is -0.145. The van der Waals surface area contributed by atoms with Crippen LogP contribution in [0.4, 0.5) is 0 Å². The summed E-state index contributed by atoms with van der Waals surface area (Å²) in [5.41, 5.74) is -1.60. The first-order valence-corrected chi connectivity index (χ1v) is 9.37. The van der Waals surface area contributed by atoms with Crippen LogP contribution in [-0.2, 0) is 9.59 Å². The molecule has 5 nitrogen and oxygen atoms in total. The summed E-state index contributed by atoms with van der Waals surface area (Å²) < 4.78 is 0. The van der Waals surface area contributed by atoms with Crippen molar-refractivity contribution in [3.8, 4) is 0 Å². The van der Waals surface area contributed by atoms with Crippen molar-refractivity contribution in [1.29, 1.82) is 0 Å². The lowest BCUT2D eigenvalue weighted by Gasteiger charge is -2.41. The van der Waals surface area contributed by atoms with Crippen LogP contribution in [-0.4, -0.2) is 47.1 Å². The Morgan fingerprint density at radius 1 is 0.960 bits per heavy atom. The van der Waals surface area contributed by atoms with E-state index < -0.39 is 5.60 Å². The molecule has 3 rings (SSSR count). The third-order valence-corrected chi connectivity index (χ3v) is 6.23. The highest BCUT2D eigenvalue weighted by Gasteiger charge is 2.42. The zero-order valence-electron chi connectivity index (χ0n) is 15.4. The molecule has 5 heteroatoms. The van der Waals surface area contributed by atoms with Crippen molar-refractivity contribution in [2.45, 2.75) is 58.0 Å². The molecule has 2 N–H and O–H groups in total. The van der Waals surface area contributed by atoms with Crippen LogP contribution >= 0.6 is 0 Å². The Morgan fingerprint density at radius 3 is 1.96 bits per heavy atom. The first-order valence-electron chi connectivity index (χ1n) is 9.37. The van der Waals surface area contributed by atoms with Crippen LogP contribution in [0.3, 0.4) is 0 Å². The lowest BCUT2D eigenvalue weighted by Crippen LogP contribution is -2.55. The fourth-order valence-electron chi connectivity index (χ4n) is 4.04. The van der Waals surface area contributed by atoms with Gasteiger partial charge < -0.3 is 15.3 Å². The van der Waals surface area contributed by atoms with Gasteiger partial charge in [0.05, 0.1) is 16.4 Å². The van der Waals surface area contributed by atoms with E-state index in [0.717, 1.165) is 25.7 Å². The molecular formula is C20H30N2O3. The summed E-state index contributed by atoms with van der Waals surface area (Å²) in [6.07, 6.45) is 12.4. The smallest absolute Gasteiger partial charge is 0.229 e. The summed E-state index contributed by atoms with van der Waals surface area (Å²) in [5, 5.41) is 13.7. The number of hydrogen-bond donors (Lipinski definition) is 2. The summed E-state index contributed by atoms with van der Waals surface area (Å²) >= 11 is 0. The highest BCUT2D eigenvalue weighted by Crippen LogP contribution is 2.36. The summed E-state index contributed by atoms with van der Waals surface area (Å²) in [6, 6.07) is 0. The maximum atomic E-state index is 12.7. The normalized spacial score (nSPS) is 26.0. The molecule has 0 bridgehead atoms. The van der Waals surface area contributed by atoms with Gasteiger partial charge in [-0.2, -0.15) is 0 Å². The van der Waals surface area contributed by atoms with Gasteiger partial charge in [-0.1, -0.05) is 38.2 Å². The van der Waals surface area contributed by atoms with Gasteiger partial charge in [0, 0.05) is 19.6 Å². The molecule has 0 saturated carbocycles. The minimum atomic E-state index is -0.913. The lowest BCUT2D eigenvalue weighted by atomic mass is 9.83. The van der Waals surface area contributed by atoms with Crippen LogP contribution < -0.4 is 5.32 Å². The minimum absolute atomic E-state index is 0.00831. The molecule has 1 fully saturated rings. The Balaban J connectivity index is 1.49. The van der Waals surface area contributed by atoms with Crippen molar-refractivity contribution >= 4 is 11.8 Å². The monoisotopic (exact) mass is 346 g/mol. The van der Waals surface area contributed by atoms with Crippen LogP contribution in [0.5, 0.6) is 0 Å². The van der Waals surface area contributed by atoms with Crippen LogP contribution in [0.15, 0.2) is 24.3 Å². The van der Waals surface area contributed by atoms with Gasteiger partial charge in [-0.3, -0.25) is 9.59 Å². The molecule has 0 unspecified atom stereocenters. The van der Waals surface area contributed by atoms with Crippen LogP contribution in [0.1, 0.15) is 52.4 Å². The molecule has 0 aromatic rings. The average molecular weight is 346 g/mol. The summed E-state index contributed by atoms with van der Waals surface area (Å²) in [5.74, 6) is 0.196. The number of piperidine rings is 1. The molecule has 0 aromatic heterocycles. The molecular weight excluding hydrogens is 316 g/mol. The highest BCUT2D eigenvalue weighted by molar-refractivity contribution is 5.84. The van der Waals surface area contributed by atoms with Crippen molar-refractivity contribution in [1.82, 2.24) is 10.2 Å². The Morgan fingerprint density at radius 2 is 1.44 bits per heavy atom. The van der Waals surface area contributed by atoms with E-state index in [1.54, 1.807) is 0 Å². The van der Waals surface area contributed by atoms with Gasteiger partial charge in [-0.15, -0.1) is 0 Å². The van der Waals surface area contributed by atoms with Crippen LogP contribution in [0, 0.1) is 10.8 Å². The van der Waals surface area contributed by atoms with E-state index in [4.69, 9.17) is 0 Å². The molecule has 1 saturated heterocycles. The van der Waals surface area contributed by atoms with E-state index in [-0.39, 0.29) is 29.2 Å². The predicted octanol–water partition coefficient (Wildman–Crippen LogP) is 2.17. The van der Waals surface area contributed by atoms with Gasteiger partial charge >= 0.3 is 0 Å². The molecule has 0 spiro atoms. The molecule has 25 heavy (non-hydrogen) atoms. The largest absolute Gasteiger partial charge is 0.388 e. The molecule has 0 radical (unpaired) electrons. The van der Waals surface area contributed by atoms with Crippen molar-refractivity contribution in [3.63, 3.8) is 0 Å². The van der Waals surface area contributed by atoms with Crippen molar-refractivity contribution in [2.24, 2.45) is 10.8 Å². The van der Waals surface area contributed by atoms with Gasteiger partial charge in [0.25, 0.3) is 0 Å². The zero-order valence-corrected chi connectivity index (χ0v) is 15.4. The molecule has 2 aliphatic carbocycles. The summed E-state index contributed by atoms with van der Waals surface area (Å²) in [7, 11) is 0. The fourth-order valence-corrected chi connectivity index (χ4v) is 4.04. The first-order chi connectivity index (χ1) is 11.8. The van der Waals surface area contributed by atoms with Crippen molar-refractivity contribution in [3.05, 3.63) is 24.3 Å². The highest BCUT2D eigenvalue weighted by atomic mass is 16.3. The number of carbonyl (C=O) groups is 2. The molecule has 0 aromatic carbocycles. The summed E-state index contributed by atoms with van der Waals surface area (Å²) in [4.78, 5) is 27.0. The minimum Gasteiger partial charge on any atom is -0.388 e. The second kappa shape index (κ2) is 6.60. The second-order valence-corrected chi connectivity index (χ2v) is 8.58. The number of amides is 2. The van der Waals surface area contributed by atoms with Gasteiger partial charge in [0.1, 0.15) is 0 Å². The third kappa shape index (κ3) is 3.66. The topological polar surface area (TPSA) is 69.6 Å². The fraction of sp³-hybridized carbons (Fsp3) is 0.700. The van der Waals surface area contributed by atoms with Gasteiger partial charge in [-0.05, 0) is 38.5 Å². The van der Waals surface area contributed by atoms with Gasteiger partial charge in [-0.25, -0.2) is 0 Å². The van der Waals surface area contributed by atoms with E-state index in [0.29, 0.717) is 25.9 Å². The average Bonchev–Trinajstić information content (AvgIpc) is 3.23. The van der Waals surface area contributed by atoms with Crippen molar-refractivity contribution < 1.29 is 14.7 Å². The number of likely N-dealkylation sites (tertiary alicyclic amines) is 1. The Bertz CT molecular complexity index is 584. The first kappa shape index (κ1) is 18.2. The maximum Gasteiger partial charge on any atom is 0.229 e. The number of allylic oxidation sites excluding steroid dienone is 4. The molecule has 138 valence electrons. The van der Waals surface area contributed by atoms with E-state index >= 15 is 0 Å². The Hall–Kier alpha value is -1.62. The number of rotatable bonds is 4. The predicted molar refractivity (Wildman–Crippen MR) is 96.7 cm³/mol. The molecule has 1 heterocycles. The quantitative estimate of drug-likeness (QED) is 0.767.